The predicted molar refractivity (Wildman–Crippen MR) is 124 cm³/mol. The molecule has 170 valence electrons. The van der Waals surface area contributed by atoms with Gasteiger partial charge >= 0.3 is 0 Å². The Morgan fingerprint density at radius 1 is 1.00 bits per heavy atom. The van der Waals surface area contributed by atoms with Crippen LogP contribution in [0.3, 0.4) is 0 Å². The van der Waals surface area contributed by atoms with Crippen molar-refractivity contribution < 1.29 is 9.53 Å². The molecule has 3 fully saturated rings. The van der Waals surface area contributed by atoms with E-state index in [4.69, 9.17) is 4.74 Å². The molecule has 2 nitrogen and oxygen atoms in total. The second-order valence-electron chi connectivity index (χ2n) is 12.8. The molecule has 0 aromatic rings. The van der Waals surface area contributed by atoms with Crippen LogP contribution < -0.4 is 0 Å². The molecule has 1 heterocycles. The lowest BCUT2D eigenvalue weighted by Gasteiger charge is -2.59. The molecule has 0 N–H and O–H groups in total. The van der Waals surface area contributed by atoms with Crippen LogP contribution in [0, 0.1) is 46.3 Å². The van der Waals surface area contributed by atoms with Crippen LogP contribution in [-0.4, -0.2) is 18.0 Å². The van der Waals surface area contributed by atoms with Crippen LogP contribution in [0.1, 0.15) is 99.8 Å². The topological polar surface area (TPSA) is 26.3 Å². The third-order valence-electron chi connectivity index (χ3n) is 10.3. The minimum atomic E-state index is -0.294. The number of hydrogen-bond acceptors (Lipinski definition) is 2. The van der Waals surface area contributed by atoms with Crippen molar-refractivity contribution in [2.45, 2.75) is 105 Å². The third-order valence-corrected chi connectivity index (χ3v) is 10.3. The van der Waals surface area contributed by atoms with Crippen molar-refractivity contribution in [3.8, 4) is 0 Å². The van der Waals surface area contributed by atoms with Crippen molar-refractivity contribution in [2.75, 3.05) is 6.61 Å². The van der Waals surface area contributed by atoms with E-state index in [1.165, 1.54) is 50.5 Å². The summed E-state index contributed by atoms with van der Waals surface area (Å²) in [5.41, 5.74) is 1.49. The van der Waals surface area contributed by atoms with Gasteiger partial charge in [0.25, 0.3) is 0 Å². The van der Waals surface area contributed by atoms with Crippen LogP contribution in [0.15, 0.2) is 11.6 Å². The predicted octanol–water partition coefficient (Wildman–Crippen LogP) is 7.22. The molecular weight excluding hydrogens is 368 g/mol. The zero-order valence-corrected chi connectivity index (χ0v) is 20.7. The average molecular weight is 415 g/mol. The van der Waals surface area contributed by atoms with Gasteiger partial charge in [-0.25, -0.2) is 0 Å². The van der Waals surface area contributed by atoms with Gasteiger partial charge in [0.1, 0.15) is 0 Å². The second-order valence-corrected chi connectivity index (χ2v) is 12.8. The van der Waals surface area contributed by atoms with Gasteiger partial charge < -0.3 is 4.74 Å². The number of fused-ring (bicyclic) bond motifs is 5. The van der Waals surface area contributed by atoms with Gasteiger partial charge in [-0.1, -0.05) is 53.9 Å². The summed E-state index contributed by atoms with van der Waals surface area (Å²) in [6.07, 6.45) is 12.3. The number of rotatable bonds is 5. The molecule has 3 aliphatic carbocycles. The van der Waals surface area contributed by atoms with Crippen LogP contribution in [0.5, 0.6) is 0 Å². The van der Waals surface area contributed by atoms with Crippen molar-refractivity contribution in [3.63, 3.8) is 0 Å². The highest BCUT2D eigenvalue weighted by molar-refractivity contribution is 5.95. The molecule has 2 saturated carbocycles. The fraction of sp³-hybridized carbons (Fsp3) is 0.893. The zero-order chi connectivity index (χ0) is 21.9. The van der Waals surface area contributed by atoms with Gasteiger partial charge in [-0.05, 0) is 98.0 Å². The van der Waals surface area contributed by atoms with E-state index in [9.17, 15) is 4.79 Å². The maximum absolute atomic E-state index is 13.6. The molecule has 0 unspecified atom stereocenters. The van der Waals surface area contributed by atoms with Crippen LogP contribution in [0.4, 0.5) is 0 Å². The molecule has 0 spiro atoms. The minimum Gasteiger partial charge on any atom is -0.371 e. The monoisotopic (exact) mass is 414 g/mol. The van der Waals surface area contributed by atoms with Crippen molar-refractivity contribution in [1.82, 2.24) is 0 Å². The minimum absolute atomic E-state index is 0.141. The highest BCUT2D eigenvalue weighted by Crippen LogP contribution is 2.67. The Morgan fingerprint density at radius 3 is 2.43 bits per heavy atom. The summed E-state index contributed by atoms with van der Waals surface area (Å²) in [4.78, 5) is 13.6. The highest BCUT2D eigenvalue weighted by atomic mass is 16.5. The first kappa shape index (κ1) is 22.6. The lowest BCUT2D eigenvalue weighted by atomic mass is 9.46. The van der Waals surface area contributed by atoms with E-state index in [2.05, 4.69) is 48.5 Å². The molecule has 4 aliphatic rings. The van der Waals surface area contributed by atoms with Gasteiger partial charge in [0.15, 0.2) is 5.78 Å². The van der Waals surface area contributed by atoms with Crippen molar-refractivity contribution in [2.24, 2.45) is 46.3 Å². The Hall–Kier alpha value is -0.630. The number of carbonyl (C=O) groups is 1. The van der Waals surface area contributed by atoms with E-state index >= 15 is 0 Å². The Kier molecular flexibility index (Phi) is 5.83. The largest absolute Gasteiger partial charge is 0.371 e. The number of ether oxygens (including phenoxy) is 1. The first-order chi connectivity index (χ1) is 14.0. The summed E-state index contributed by atoms with van der Waals surface area (Å²) in [6.45, 7) is 17.4. The van der Waals surface area contributed by atoms with Crippen LogP contribution >= 0.6 is 0 Å². The van der Waals surface area contributed by atoms with Crippen LogP contribution in [-0.2, 0) is 9.53 Å². The molecule has 1 aliphatic heterocycles. The molecule has 0 aromatic carbocycles. The fourth-order valence-electron chi connectivity index (χ4n) is 8.66. The lowest BCUT2D eigenvalue weighted by Crippen LogP contribution is -2.57. The first-order valence-corrected chi connectivity index (χ1v) is 12.9. The van der Waals surface area contributed by atoms with Gasteiger partial charge in [0.05, 0.1) is 5.60 Å². The Bertz CT molecular complexity index is 703. The molecule has 0 bridgehead atoms. The molecule has 0 radical (unpaired) electrons. The number of hydrogen-bond donors (Lipinski definition) is 0. The number of allylic oxidation sites excluding steroid dienone is 1. The quantitative estimate of drug-likeness (QED) is 0.474. The van der Waals surface area contributed by atoms with Gasteiger partial charge in [0.2, 0.25) is 0 Å². The molecule has 7 atom stereocenters. The normalized spacial score (nSPS) is 43.6. The average Bonchev–Trinajstić information content (AvgIpc) is 3.00. The Morgan fingerprint density at radius 2 is 1.73 bits per heavy atom. The van der Waals surface area contributed by atoms with Gasteiger partial charge in [-0.3, -0.25) is 4.79 Å². The van der Waals surface area contributed by atoms with Crippen molar-refractivity contribution in [3.05, 3.63) is 11.6 Å². The van der Waals surface area contributed by atoms with Crippen LogP contribution in [0.25, 0.3) is 0 Å². The maximum atomic E-state index is 13.6. The molecule has 2 heteroatoms. The Balaban J connectivity index is 1.58. The number of ketones is 1. The van der Waals surface area contributed by atoms with E-state index in [-0.39, 0.29) is 16.9 Å². The Labute approximate surface area is 185 Å². The second kappa shape index (κ2) is 7.75. The van der Waals surface area contributed by atoms with Crippen LogP contribution in [0.2, 0.25) is 0 Å². The zero-order valence-electron chi connectivity index (χ0n) is 20.7. The summed E-state index contributed by atoms with van der Waals surface area (Å²) in [5, 5.41) is 0. The molecule has 1 saturated heterocycles. The molecule has 0 aromatic heterocycles. The SMILES string of the molecule is CC(C)CCC[C@@H](C)[C@H]1CC[C@H]2[C@@H]3C(=O)C=C4C(C)(C)OCC[C@]4(C)[C@H]3CC[C@]12C. The lowest BCUT2D eigenvalue weighted by molar-refractivity contribution is -0.143. The summed E-state index contributed by atoms with van der Waals surface area (Å²) < 4.78 is 6.12. The van der Waals surface area contributed by atoms with Gasteiger partial charge in [0, 0.05) is 12.5 Å². The molecular formula is C28H46O2. The summed E-state index contributed by atoms with van der Waals surface area (Å²) in [5.74, 6) is 4.17. The van der Waals surface area contributed by atoms with E-state index in [0.29, 0.717) is 23.0 Å². The first-order valence-electron chi connectivity index (χ1n) is 12.9. The third kappa shape index (κ3) is 3.44. The summed E-state index contributed by atoms with van der Waals surface area (Å²) in [6, 6.07) is 0. The smallest absolute Gasteiger partial charge is 0.159 e. The standard InChI is InChI=1S/C28H46O2/c1-18(2)9-8-10-19(3)20-11-12-21-25-22(13-14-27(20,21)6)28(7)15-16-30-26(4,5)24(28)17-23(25)29/h17-22,25H,8-16H2,1-7H3/t19-,20-,21+,22+,25+,27-,28-/m1/s1. The van der Waals surface area contributed by atoms with Crippen molar-refractivity contribution >= 4 is 5.78 Å². The number of carbonyl (C=O) groups excluding carboxylic acids is 1. The van der Waals surface area contributed by atoms with E-state index in [0.717, 1.165) is 30.8 Å². The van der Waals surface area contributed by atoms with E-state index < -0.39 is 0 Å². The van der Waals surface area contributed by atoms with Gasteiger partial charge in [-0.15, -0.1) is 0 Å². The van der Waals surface area contributed by atoms with Crippen molar-refractivity contribution in [1.29, 1.82) is 0 Å². The van der Waals surface area contributed by atoms with E-state index in [1.807, 2.05) is 6.08 Å². The van der Waals surface area contributed by atoms with E-state index in [1.54, 1.807) is 0 Å². The fourth-order valence-corrected chi connectivity index (χ4v) is 8.66. The van der Waals surface area contributed by atoms with Gasteiger partial charge in [-0.2, -0.15) is 0 Å². The summed E-state index contributed by atoms with van der Waals surface area (Å²) in [7, 11) is 0. The molecule has 30 heavy (non-hydrogen) atoms. The highest BCUT2D eigenvalue weighted by Gasteiger charge is 2.62. The molecule has 0 amide bonds. The maximum Gasteiger partial charge on any atom is 0.159 e. The summed E-state index contributed by atoms with van der Waals surface area (Å²) >= 11 is 0. The molecule has 4 rings (SSSR count).